The van der Waals surface area contributed by atoms with Crippen LogP contribution in [0.5, 0.6) is 0 Å². The van der Waals surface area contributed by atoms with Crippen LogP contribution >= 0.6 is 11.3 Å². The van der Waals surface area contributed by atoms with E-state index in [9.17, 15) is 18.4 Å². The quantitative estimate of drug-likeness (QED) is 0.140. The minimum Gasteiger partial charge on any atom is -0.452 e. The zero-order valence-electron chi connectivity index (χ0n) is 20.8. The van der Waals surface area contributed by atoms with E-state index in [0.29, 0.717) is 34.3 Å². The number of hydrogen-bond donors (Lipinski definition) is 0. The summed E-state index contributed by atoms with van der Waals surface area (Å²) in [6, 6.07) is 19.6. The predicted molar refractivity (Wildman–Crippen MR) is 150 cm³/mol. The molecule has 1 unspecified atom stereocenters. The van der Waals surface area contributed by atoms with E-state index in [1.807, 2.05) is 29.6 Å². The number of thiophene rings is 1. The first-order chi connectivity index (χ1) is 18.4. The summed E-state index contributed by atoms with van der Waals surface area (Å²) >= 11 is 1.65. The average Bonchev–Trinajstić information content (AvgIpc) is 3.40. The molecule has 4 nitrogen and oxygen atoms in total. The second kappa shape index (κ2) is 11.0. The summed E-state index contributed by atoms with van der Waals surface area (Å²) in [7, 11) is 0. The predicted octanol–water partition coefficient (Wildman–Crippen LogP) is 7.19. The third-order valence-corrected chi connectivity index (χ3v) is 9.09. The van der Waals surface area contributed by atoms with Crippen LogP contribution in [-0.2, 0) is 9.53 Å². The molecule has 202 valence electrons. The average molecular weight is 549 g/mol. The molecule has 0 radical (unpaired) electrons. The van der Waals surface area contributed by atoms with Crippen molar-refractivity contribution in [1.82, 2.24) is 0 Å². The minimum absolute atomic E-state index is 0. The van der Waals surface area contributed by atoms with Gasteiger partial charge in [-0.3, -0.25) is 9.59 Å². The third-order valence-electron chi connectivity index (χ3n) is 8.19. The second-order valence-corrected chi connectivity index (χ2v) is 11.5. The van der Waals surface area contributed by atoms with Crippen LogP contribution in [0.15, 0.2) is 78.2 Å². The van der Waals surface area contributed by atoms with Crippen molar-refractivity contribution < 1.29 is 27.6 Å². The van der Waals surface area contributed by atoms with E-state index >= 15 is 0 Å². The first-order valence-corrected chi connectivity index (χ1v) is 13.8. The summed E-state index contributed by atoms with van der Waals surface area (Å²) in [4.78, 5) is 27.0. The molecule has 0 saturated carbocycles. The number of ketones is 1. The monoisotopic (exact) mass is 548 g/mol. The number of nitrogens with zero attached hydrogens (tertiary/aromatic N) is 1. The van der Waals surface area contributed by atoms with E-state index in [1.165, 1.54) is 24.3 Å². The Morgan fingerprint density at radius 2 is 1.59 bits per heavy atom. The number of halogens is 2. The Balaban J connectivity index is 0.00000308. The lowest BCUT2D eigenvalue weighted by Gasteiger charge is -2.51. The molecule has 0 spiro atoms. The van der Waals surface area contributed by atoms with Gasteiger partial charge in [0.2, 0.25) is 5.78 Å². The summed E-state index contributed by atoms with van der Waals surface area (Å²) in [5.41, 5.74) is 1.61. The Hall–Kier alpha value is -3.42. The van der Waals surface area contributed by atoms with Crippen molar-refractivity contribution in [3.05, 3.63) is 107 Å². The number of Topliss-reactive ketones (excluding diaryl/α,β-unsaturated/α-hetero) is 1. The zero-order chi connectivity index (χ0) is 26.3. The number of benzene rings is 3. The first kappa shape index (κ1) is 27.2. The Kier molecular flexibility index (Phi) is 7.65. The molecule has 1 aromatic heterocycles. The van der Waals surface area contributed by atoms with Gasteiger partial charge in [-0.05, 0) is 76.3 Å². The Morgan fingerprint density at radius 1 is 0.923 bits per heavy atom. The lowest BCUT2D eigenvalue weighted by atomic mass is 9.76. The van der Waals surface area contributed by atoms with Crippen LogP contribution in [-0.4, -0.2) is 42.4 Å². The molecule has 39 heavy (non-hydrogen) atoms. The summed E-state index contributed by atoms with van der Waals surface area (Å²) in [6.07, 6.45) is 0.777. The van der Waals surface area contributed by atoms with E-state index < -0.39 is 17.7 Å². The van der Waals surface area contributed by atoms with Crippen molar-refractivity contribution in [2.75, 3.05) is 26.2 Å². The molecule has 3 aliphatic heterocycles. The topological polar surface area (TPSA) is 43.4 Å². The maximum Gasteiger partial charge on any atom is 0.315 e. The van der Waals surface area contributed by atoms with Gasteiger partial charge in [-0.2, -0.15) is 0 Å². The van der Waals surface area contributed by atoms with Gasteiger partial charge >= 0.3 is 5.97 Å². The molecule has 3 aliphatic rings. The highest BCUT2D eigenvalue weighted by molar-refractivity contribution is 7.17. The van der Waals surface area contributed by atoms with Gasteiger partial charge in [-0.25, -0.2) is 8.78 Å². The number of carbonyl (C=O) groups excluding carboxylic acids is 2. The molecule has 2 bridgehead atoms. The molecule has 4 aromatic rings. The van der Waals surface area contributed by atoms with Gasteiger partial charge in [0, 0.05) is 23.1 Å². The fraction of sp³-hybridized carbons (Fsp3) is 0.312. The van der Waals surface area contributed by atoms with Gasteiger partial charge in [-0.1, -0.05) is 31.7 Å². The number of hydrogen-bond acceptors (Lipinski definition) is 4. The van der Waals surface area contributed by atoms with E-state index in [1.54, 1.807) is 35.6 Å². The molecular weight excluding hydrogens is 516 g/mol. The molecule has 3 aromatic carbocycles. The van der Waals surface area contributed by atoms with E-state index in [2.05, 4.69) is 0 Å². The number of fused-ring (bicyclic) bond motifs is 4. The van der Waals surface area contributed by atoms with Gasteiger partial charge in [0.1, 0.15) is 24.1 Å². The van der Waals surface area contributed by atoms with Crippen molar-refractivity contribution in [3.8, 4) is 0 Å². The number of esters is 1. The van der Waals surface area contributed by atoms with Crippen LogP contribution < -0.4 is 0 Å². The fourth-order valence-corrected chi connectivity index (χ4v) is 6.95. The lowest BCUT2D eigenvalue weighted by Crippen LogP contribution is -2.64. The summed E-state index contributed by atoms with van der Waals surface area (Å²) in [6.45, 7) is 2.61. The van der Waals surface area contributed by atoms with Crippen LogP contribution in [0.3, 0.4) is 0 Å². The normalized spacial score (nSPS) is 22.0. The SMILES string of the molecule is C.O=C(C[N+]12CCC(CC1)C(C(=O)OC(c1cccc(F)c1)c1cccc(F)c1)C2)c1ccc2sccc2c1. The van der Waals surface area contributed by atoms with Crippen LogP contribution in [0.1, 0.15) is 47.9 Å². The van der Waals surface area contributed by atoms with E-state index in [4.69, 9.17) is 4.74 Å². The molecule has 7 rings (SSSR count). The molecule has 4 heterocycles. The van der Waals surface area contributed by atoms with Gasteiger partial charge in [0.05, 0.1) is 19.6 Å². The van der Waals surface area contributed by atoms with E-state index in [-0.39, 0.29) is 31.0 Å². The Bertz CT molecular complexity index is 1460. The number of quaternary nitrogens is 1. The number of piperidine rings is 3. The van der Waals surface area contributed by atoms with Gasteiger partial charge in [-0.15, -0.1) is 11.3 Å². The summed E-state index contributed by atoms with van der Waals surface area (Å²) < 4.78 is 35.9. The second-order valence-electron chi connectivity index (χ2n) is 10.6. The molecule has 3 saturated heterocycles. The standard InChI is InChI=1S/C31H28F2NO3S.CH4/c32-25-5-1-3-23(16-25)30(24-4-2-6-26(33)17-24)37-31(36)27-18-34(12-9-20(27)10-13-34)19-28(35)21-7-8-29-22(15-21)11-14-38-29;/h1-8,11,14-17,20,27,30H,9-10,12-13,18-19H2;1H4/q+1;. The molecule has 3 fully saturated rings. The highest BCUT2D eigenvalue weighted by Crippen LogP contribution is 2.40. The van der Waals surface area contributed by atoms with Crippen molar-refractivity contribution in [3.63, 3.8) is 0 Å². The third kappa shape index (κ3) is 5.52. The Morgan fingerprint density at radius 3 is 2.23 bits per heavy atom. The van der Waals surface area contributed by atoms with Crippen LogP contribution in [0.2, 0.25) is 0 Å². The summed E-state index contributed by atoms with van der Waals surface area (Å²) in [5, 5.41) is 3.09. The molecular formula is C32H32F2NO3S+. The number of carbonyl (C=O) groups is 2. The van der Waals surface area contributed by atoms with E-state index in [0.717, 1.165) is 36.0 Å². The Labute approximate surface area is 231 Å². The smallest absolute Gasteiger partial charge is 0.315 e. The van der Waals surface area contributed by atoms with Crippen molar-refractivity contribution >= 4 is 33.2 Å². The lowest BCUT2D eigenvalue weighted by molar-refractivity contribution is -0.938. The molecule has 1 atom stereocenters. The van der Waals surface area contributed by atoms with Crippen LogP contribution in [0.4, 0.5) is 8.78 Å². The van der Waals surface area contributed by atoms with Gasteiger partial charge < -0.3 is 9.22 Å². The van der Waals surface area contributed by atoms with Crippen molar-refractivity contribution in [2.24, 2.45) is 11.8 Å². The molecule has 7 heteroatoms. The first-order valence-electron chi connectivity index (χ1n) is 13.0. The van der Waals surface area contributed by atoms with Gasteiger partial charge in [0.15, 0.2) is 6.10 Å². The van der Waals surface area contributed by atoms with Crippen molar-refractivity contribution in [1.29, 1.82) is 0 Å². The molecule has 0 aliphatic carbocycles. The molecule has 0 amide bonds. The number of ether oxygens (including phenoxy) is 1. The van der Waals surface area contributed by atoms with Crippen LogP contribution in [0.25, 0.3) is 10.1 Å². The minimum atomic E-state index is -0.920. The highest BCUT2D eigenvalue weighted by atomic mass is 32.1. The maximum atomic E-state index is 14.1. The number of rotatable bonds is 7. The molecule has 0 N–H and O–H groups in total. The van der Waals surface area contributed by atoms with Gasteiger partial charge in [0.25, 0.3) is 0 Å². The maximum absolute atomic E-state index is 14.1. The summed E-state index contributed by atoms with van der Waals surface area (Å²) in [5.74, 6) is -1.38. The van der Waals surface area contributed by atoms with Crippen LogP contribution in [0, 0.1) is 23.5 Å². The van der Waals surface area contributed by atoms with Crippen molar-refractivity contribution in [2.45, 2.75) is 26.4 Å². The zero-order valence-corrected chi connectivity index (χ0v) is 21.6. The highest BCUT2D eigenvalue weighted by Gasteiger charge is 2.50. The largest absolute Gasteiger partial charge is 0.452 e. The fourth-order valence-electron chi connectivity index (χ4n) is 6.18.